The third-order valence-corrected chi connectivity index (χ3v) is 26.5. The maximum atomic E-state index is 12.6. The van der Waals surface area contributed by atoms with Crippen LogP contribution in [0.5, 0.6) is 0 Å². The molecule has 402 valence electrons. The average molecular weight is 997 g/mol. The summed E-state index contributed by atoms with van der Waals surface area (Å²) in [7, 11) is 4.60. The number of aliphatic hydroxyl groups is 3. The van der Waals surface area contributed by atoms with Crippen molar-refractivity contribution in [3.8, 4) is 0 Å². The number of ether oxygens (including phenoxy) is 3. The van der Waals surface area contributed by atoms with Crippen molar-refractivity contribution in [2.75, 3.05) is 27.9 Å². The normalized spacial score (nSPS) is 52.1. The minimum absolute atomic E-state index is 0.00179. The maximum Gasteiger partial charge on any atom is 0.311 e. The average Bonchev–Trinajstić information content (AvgIpc) is 3.38. The van der Waals surface area contributed by atoms with Gasteiger partial charge >= 0.3 is 17.9 Å². The first-order valence-electron chi connectivity index (χ1n) is 29.3. The molecule has 9 heteroatoms. The van der Waals surface area contributed by atoms with E-state index >= 15 is 0 Å². The van der Waals surface area contributed by atoms with Gasteiger partial charge in [-0.3, -0.25) is 14.4 Å². The Kier molecular flexibility index (Phi) is 13.3. The van der Waals surface area contributed by atoms with Gasteiger partial charge < -0.3 is 29.5 Å². The molecule has 15 aliphatic carbocycles. The van der Waals surface area contributed by atoms with E-state index in [1.807, 2.05) is 0 Å². The quantitative estimate of drug-likeness (QED) is 0.143. The van der Waals surface area contributed by atoms with E-state index in [0.29, 0.717) is 53.3 Å². The first kappa shape index (κ1) is 52.9. The lowest BCUT2D eigenvalue weighted by atomic mass is 9.36. The van der Waals surface area contributed by atoms with Crippen molar-refractivity contribution in [2.24, 2.45) is 102 Å². The largest absolute Gasteiger partial charge is 0.469 e. The Balaban J connectivity index is 0.000000124. The molecule has 13 saturated carbocycles. The lowest BCUT2D eigenvalue weighted by Crippen LogP contribution is -2.65. The van der Waals surface area contributed by atoms with Crippen LogP contribution in [0.4, 0.5) is 0 Å². The molecule has 15 aliphatic rings. The Morgan fingerprint density at radius 3 is 1.21 bits per heavy atom. The second-order valence-electron chi connectivity index (χ2n) is 28.7. The highest BCUT2D eigenvalue weighted by Crippen LogP contribution is 2.75. The predicted octanol–water partition coefficient (Wildman–Crippen LogP) is 12.3. The number of rotatable bonds is 4. The molecule has 0 heterocycles. The van der Waals surface area contributed by atoms with Crippen LogP contribution in [0.1, 0.15) is 196 Å². The van der Waals surface area contributed by atoms with Crippen molar-refractivity contribution < 1.29 is 43.9 Å². The van der Waals surface area contributed by atoms with Crippen molar-refractivity contribution in [1.29, 1.82) is 0 Å². The fraction of sp³-hybridized carbons (Fsp3) is 0.857. The van der Waals surface area contributed by atoms with E-state index in [4.69, 9.17) is 14.2 Å². The van der Waals surface area contributed by atoms with E-state index in [0.717, 1.165) is 94.6 Å². The van der Waals surface area contributed by atoms with Gasteiger partial charge in [-0.1, -0.05) is 59.3 Å². The standard InChI is InChI=1S/3C21H32O3/c2*1-13-14-6-10-21(17(13)22)11-7-15-19(2,16(21)12-14)8-5-9-20(15,3)18(23)24-4;1-19-7-4-8-20(2,18(23)24-3)16(19)6-10-21-9-5-14(11-17(19)21)15(12-21)13-22/h2*14-17,22H,1,5-12H2,2-4H3;12,14,16-17,22H,4-11,13H2,1-3H3/t14-,15-,16-,17+,19+,20+,21-;14-,15-,16-,17-,19+,20+,21-;14-,16-,17-,19+,20+,21+/m000/s1. The van der Waals surface area contributed by atoms with Gasteiger partial charge in [-0.2, -0.15) is 0 Å². The van der Waals surface area contributed by atoms with Crippen molar-refractivity contribution in [2.45, 2.75) is 208 Å². The zero-order valence-electron chi connectivity index (χ0n) is 46.3. The first-order chi connectivity index (χ1) is 34.0. The minimum Gasteiger partial charge on any atom is -0.469 e. The molecule has 0 radical (unpaired) electrons. The summed E-state index contributed by atoms with van der Waals surface area (Å²) in [6.45, 7) is 22.4. The summed E-state index contributed by atoms with van der Waals surface area (Å²) < 4.78 is 15.7. The number of hydrogen-bond donors (Lipinski definition) is 3. The summed E-state index contributed by atoms with van der Waals surface area (Å²) in [6.07, 6.45) is 28.8. The van der Waals surface area contributed by atoms with Crippen LogP contribution in [-0.4, -0.2) is 73.4 Å². The van der Waals surface area contributed by atoms with Crippen molar-refractivity contribution in [3.63, 3.8) is 0 Å². The molecule has 0 amide bonds. The molecule has 9 nitrogen and oxygen atoms in total. The second kappa shape index (κ2) is 18.1. The lowest BCUT2D eigenvalue weighted by Gasteiger charge is -2.68. The van der Waals surface area contributed by atoms with Crippen LogP contribution in [0.3, 0.4) is 0 Å². The van der Waals surface area contributed by atoms with E-state index in [2.05, 4.69) is 60.8 Å². The molecular weight excluding hydrogens is 901 g/mol. The van der Waals surface area contributed by atoms with Crippen LogP contribution in [0.15, 0.2) is 36.0 Å². The van der Waals surface area contributed by atoms with Crippen LogP contribution in [0, 0.1) is 102 Å². The fourth-order valence-corrected chi connectivity index (χ4v) is 23.1. The van der Waals surface area contributed by atoms with Gasteiger partial charge in [0.25, 0.3) is 0 Å². The summed E-state index contributed by atoms with van der Waals surface area (Å²) in [5.74, 6) is 4.38. The number of methoxy groups -OCH3 is 3. The van der Waals surface area contributed by atoms with Gasteiger partial charge in [-0.25, -0.2) is 0 Å². The third kappa shape index (κ3) is 7.14. The molecule has 0 saturated heterocycles. The highest BCUT2D eigenvalue weighted by molar-refractivity contribution is 5.78. The summed E-state index contributed by atoms with van der Waals surface area (Å²) in [5, 5.41) is 31.9. The summed E-state index contributed by atoms with van der Waals surface area (Å²) in [5.41, 5.74) is 3.27. The highest BCUT2D eigenvalue weighted by atomic mass is 16.5. The summed E-state index contributed by atoms with van der Waals surface area (Å²) >= 11 is 0. The van der Waals surface area contributed by atoms with Gasteiger partial charge in [-0.05, 0) is 247 Å². The Morgan fingerprint density at radius 2 is 0.819 bits per heavy atom. The van der Waals surface area contributed by atoms with Gasteiger partial charge in [0.05, 0.1) is 56.4 Å². The number of allylic oxidation sites excluding steroid dienone is 1. The zero-order valence-corrected chi connectivity index (χ0v) is 46.3. The molecule has 0 aromatic rings. The highest BCUT2D eigenvalue weighted by Gasteiger charge is 2.70. The Morgan fingerprint density at radius 1 is 0.486 bits per heavy atom. The number of fused-ring (bicyclic) bond motifs is 8. The number of esters is 3. The van der Waals surface area contributed by atoms with Crippen molar-refractivity contribution in [1.82, 2.24) is 0 Å². The molecule has 72 heavy (non-hydrogen) atoms. The number of carbonyl (C=O) groups is 3. The molecule has 20 atom stereocenters. The maximum absolute atomic E-state index is 12.6. The van der Waals surface area contributed by atoms with Gasteiger partial charge in [0.2, 0.25) is 0 Å². The summed E-state index contributed by atoms with van der Waals surface area (Å²) in [6, 6.07) is 0. The van der Waals surface area contributed by atoms with Gasteiger partial charge in [-0.15, -0.1) is 0 Å². The zero-order chi connectivity index (χ0) is 51.8. The number of hydrogen-bond acceptors (Lipinski definition) is 9. The van der Waals surface area contributed by atoms with Crippen LogP contribution < -0.4 is 0 Å². The van der Waals surface area contributed by atoms with Gasteiger partial charge in [0, 0.05) is 10.8 Å². The monoisotopic (exact) mass is 997 g/mol. The van der Waals surface area contributed by atoms with E-state index in [9.17, 15) is 29.7 Å². The Labute approximate surface area is 433 Å². The number of carbonyl (C=O) groups excluding carboxylic acids is 3. The molecule has 3 spiro atoms. The second-order valence-corrected chi connectivity index (χ2v) is 28.7. The molecule has 0 aliphatic heterocycles. The van der Waals surface area contributed by atoms with E-state index in [1.165, 1.54) is 90.4 Å². The minimum atomic E-state index is -0.359. The SMILES string of the molecule is C=C1[C@H]2CC[C@@]3(CC[C@H]4[C@@](C)(CCC[C@@]4(C)C(=O)OC)[C@@H]3C2)[C@@H]1O.C=C1[C@H]2CC[C@@]3(CC[C@H]4[C@@](C)(CCC[C@@]4(C)C(=O)OC)[C@@H]3C2)[C@H]1O.COC(=O)[C@]1(C)CCC[C@@]2(C)[C@@H]3C[C@@H]4CC[C@]3(C=C4CO)CC[C@@H]21. The molecule has 15 rings (SSSR count). The van der Waals surface area contributed by atoms with E-state index < -0.39 is 0 Å². The smallest absolute Gasteiger partial charge is 0.311 e. The molecule has 13 fully saturated rings. The van der Waals surface area contributed by atoms with Crippen molar-refractivity contribution >= 4 is 17.9 Å². The van der Waals surface area contributed by atoms with Crippen LogP contribution in [0.25, 0.3) is 0 Å². The predicted molar refractivity (Wildman–Crippen MR) is 280 cm³/mol. The van der Waals surface area contributed by atoms with E-state index in [1.54, 1.807) is 7.11 Å². The van der Waals surface area contributed by atoms with Crippen LogP contribution in [0.2, 0.25) is 0 Å². The summed E-state index contributed by atoms with van der Waals surface area (Å²) in [4.78, 5) is 37.9. The van der Waals surface area contributed by atoms with Gasteiger partial charge in [0.1, 0.15) is 0 Å². The number of aliphatic hydroxyl groups excluding tert-OH is 3. The van der Waals surface area contributed by atoms with Crippen LogP contribution >= 0.6 is 0 Å². The lowest BCUT2D eigenvalue weighted by molar-refractivity contribution is -0.212. The molecule has 3 N–H and O–H groups in total. The molecule has 0 aromatic carbocycles. The Bertz CT molecular complexity index is 2130. The first-order valence-corrected chi connectivity index (χ1v) is 29.3. The molecule has 0 aromatic heterocycles. The van der Waals surface area contributed by atoms with Gasteiger partial charge in [0.15, 0.2) is 0 Å². The topological polar surface area (TPSA) is 140 Å². The van der Waals surface area contributed by atoms with Crippen molar-refractivity contribution in [3.05, 3.63) is 36.0 Å². The van der Waals surface area contributed by atoms with Crippen LogP contribution in [-0.2, 0) is 28.6 Å². The molecule has 6 bridgehead atoms. The third-order valence-electron chi connectivity index (χ3n) is 26.5. The molecule has 0 unspecified atom stereocenters. The fourth-order valence-electron chi connectivity index (χ4n) is 23.1. The van der Waals surface area contributed by atoms with E-state index in [-0.39, 0.29) is 85.5 Å². The Hall–Kier alpha value is -2.49. The molecular formula is C63H96O9.